The molecule has 5 nitrogen and oxygen atoms in total. The molecule has 1 fully saturated rings. The van der Waals surface area contributed by atoms with E-state index >= 15 is 0 Å². The molecule has 1 aromatic carbocycles. The molecule has 25 heavy (non-hydrogen) atoms. The maximum atomic E-state index is 13.0. The Bertz CT molecular complexity index is 832. The lowest BCUT2D eigenvalue weighted by Crippen LogP contribution is -2.56. The lowest BCUT2D eigenvalue weighted by Gasteiger charge is -2.41. The van der Waals surface area contributed by atoms with Crippen molar-refractivity contribution in [2.24, 2.45) is 0 Å². The first kappa shape index (κ1) is 17.8. The Morgan fingerprint density at radius 1 is 1.08 bits per heavy atom. The van der Waals surface area contributed by atoms with Crippen molar-refractivity contribution in [3.63, 3.8) is 0 Å². The summed E-state index contributed by atoms with van der Waals surface area (Å²) in [6.45, 7) is 4.71. The number of anilines is 1. The van der Waals surface area contributed by atoms with Crippen molar-refractivity contribution >= 4 is 15.7 Å². The van der Waals surface area contributed by atoms with E-state index in [4.69, 9.17) is 0 Å². The molecule has 3 rings (SSSR count). The van der Waals surface area contributed by atoms with Gasteiger partial charge in [-0.05, 0) is 49.2 Å². The average Bonchev–Trinajstić information content (AvgIpc) is 2.63. The first-order valence-corrected chi connectivity index (χ1v) is 10.1. The molecule has 0 N–H and O–H groups in total. The van der Waals surface area contributed by atoms with Gasteiger partial charge in [0.05, 0.1) is 16.2 Å². The van der Waals surface area contributed by atoms with Crippen LogP contribution < -0.4 is 4.90 Å². The minimum Gasteiger partial charge on any atom is -0.353 e. The Morgan fingerprint density at radius 2 is 1.76 bits per heavy atom. The zero-order chi connectivity index (χ0) is 18.1. The fourth-order valence-corrected chi connectivity index (χ4v) is 5.48. The first-order valence-electron chi connectivity index (χ1n) is 8.48. The molecular weight excluding hydrogens is 341 g/mol. The van der Waals surface area contributed by atoms with Gasteiger partial charge < -0.3 is 4.90 Å². The van der Waals surface area contributed by atoms with Crippen LogP contribution in [0.4, 0.5) is 10.2 Å². The van der Waals surface area contributed by atoms with Crippen LogP contribution in [0.1, 0.15) is 26.7 Å². The van der Waals surface area contributed by atoms with Gasteiger partial charge in [0, 0.05) is 18.7 Å². The highest BCUT2D eigenvalue weighted by molar-refractivity contribution is 7.92. The normalized spacial score (nSPS) is 18.9. The van der Waals surface area contributed by atoms with Gasteiger partial charge in [-0.2, -0.15) is 0 Å². The van der Waals surface area contributed by atoms with Crippen LogP contribution in [-0.2, 0) is 9.84 Å². The second kappa shape index (κ2) is 6.71. The van der Waals surface area contributed by atoms with E-state index < -0.39 is 14.6 Å². The Labute approximate surface area is 147 Å². The van der Waals surface area contributed by atoms with Crippen LogP contribution in [0.25, 0.3) is 11.3 Å². The molecule has 0 spiro atoms. The maximum absolute atomic E-state index is 13.0. The van der Waals surface area contributed by atoms with E-state index in [1.165, 1.54) is 12.1 Å². The predicted octanol–water partition coefficient (Wildman–Crippen LogP) is 3.08. The molecule has 1 aromatic heterocycles. The molecule has 0 bridgehead atoms. The summed E-state index contributed by atoms with van der Waals surface area (Å²) in [6, 6.07) is 9.77. The van der Waals surface area contributed by atoms with E-state index in [9.17, 15) is 12.8 Å². The second-order valence-corrected chi connectivity index (χ2v) is 8.92. The third-order valence-corrected chi connectivity index (χ3v) is 7.92. The van der Waals surface area contributed by atoms with Crippen LogP contribution in [-0.4, -0.2) is 42.2 Å². The van der Waals surface area contributed by atoms with Crippen LogP contribution in [0.5, 0.6) is 0 Å². The predicted molar refractivity (Wildman–Crippen MR) is 96.7 cm³/mol. The molecule has 7 heteroatoms. The van der Waals surface area contributed by atoms with Gasteiger partial charge in [0.1, 0.15) is 5.82 Å². The number of halogens is 1. The number of rotatable bonds is 4. The first-order chi connectivity index (χ1) is 11.9. The van der Waals surface area contributed by atoms with Crippen LogP contribution in [0.3, 0.4) is 0 Å². The van der Waals surface area contributed by atoms with Crippen LogP contribution >= 0.6 is 0 Å². The Kier molecular flexibility index (Phi) is 4.77. The number of hydrogen-bond donors (Lipinski definition) is 0. The van der Waals surface area contributed by atoms with Gasteiger partial charge in [0.25, 0.3) is 0 Å². The van der Waals surface area contributed by atoms with E-state index in [0.29, 0.717) is 37.4 Å². The highest BCUT2D eigenvalue weighted by atomic mass is 32.2. The van der Waals surface area contributed by atoms with Crippen molar-refractivity contribution in [1.29, 1.82) is 0 Å². The third-order valence-electron chi connectivity index (χ3n) is 5.17. The van der Waals surface area contributed by atoms with Crippen molar-refractivity contribution in [2.45, 2.75) is 31.4 Å². The van der Waals surface area contributed by atoms with Crippen molar-refractivity contribution in [1.82, 2.24) is 10.2 Å². The molecule has 1 aliphatic rings. The van der Waals surface area contributed by atoms with E-state index in [1.807, 2.05) is 30.9 Å². The molecule has 2 aromatic rings. The summed E-state index contributed by atoms with van der Waals surface area (Å²) in [4.78, 5) is 2.00. The Balaban J connectivity index is 1.84. The standard InChI is InChI=1S/C18H22FN3O2S/c1-3-18(4-2)13-22(11-12-25(18,23)24)17-10-9-16(20-21-17)14-5-7-15(19)8-6-14/h5-10H,3-4,11-13H2,1-2H3. The monoisotopic (exact) mass is 363 g/mol. The van der Waals surface area contributed by atoms with Gasteiger partial charge in [-0.25, -0.2) is 12.8 Å². The molecule has 0 unspecified atom stereocenters. The molecule has 1 saturated heterocycles. The minimum atomic E-state index is -3.11. The fraction of sp³-hybridized carbons (Fsp3) is 0.444. The molecule has 0 amide bonds. The van der Waals surface area contributed by atoms with Crippen molar-refractivity contribution in [3.05, 3.63) is 42.2 Å². The van der Waals surface area contributed by atoms with Crippen molar-refractivity contribution in [2.75, 3.05) is 23.7 Å². The van der Waals surface area contributed by atoms with E-state index in [0.717, 1.165) is 5.56 Å². The summed E-state index contributed by atoms with van der Waals surface area (Å²) >= 11 is 0. The lowest BCUT2D eigenvalue weighted by molar-refractivity contribution is 0.457. The summed E-state index contributed by atoms with van der Waals surface area (Å²) in [5.41, 5.74) is 1.45. The SMILES string of the molecule is CCC1(CC)CN(c2ccc(-c3ccc(F)cc3)nn2)CCS1(=O)=O. The van der Waals surface area contributed by atoms with Crippen molar-refractivity contribution in [3.8, 4) is 11.3 Å². The molecule has 0 saturated carbocycles. The topological polar surface area (TPSA) is 63.2 Å². The Hall–Kier alpha value is -2.02. The second-order valence-electron chi connectivity index (χ2n) is 6.41. The lowest BCUT2D eigenvalue weighted by atomic mass is 10.0. The zero-order valence-corrected chi connectivity index (χ0v) is 15.3. The van der Waals surface area contributed by atoms with Crippen LogP contribution in [0.15, 0.2) is 36.4 Å². The van der Waals surface area contributed by atoms with Gasteiger partial charge in [-0.1, -0.05) is 13.8 Å². The molecule has 134 valence electrons. The minimum absolute atomic E-state index is 0.135. The largest absolute Gasteiger partial charge is 0.353 e. The maximum Gasteiger partial charge on any atom is 0.159 e. The average molecular weight is 363 g/mol. The number of nitrogens with zero attached hydrogens (tertiary/aromatic N) is 3. The molecule has 0 aliphatic carbocycles. The molecule has 0 atom stereocenters. The van der Waals surface area contributed by atoms with Gasteiger partial charge in [-0.3, -0.25) is 0 Å². The van der Waals surface area contributed by atoms with Gasteiger partial charge in [-0.15, -0.1) is 10.2 Å². The van der Waals surface area contributed by atoms with Gasteiger partial charge in [0.2, 0.25) is 0 Å². The summed E-state index contributed by atoms with van der Waals surface area (Å²) in [5.74, 6) is 0.515. The summed E-state index contributed by atoms with van der Waals surface area (Å²) in [7, 11) is -3.11. The van der Waals surface area contributed by atoms with Crippen molar-refractivity contribution < 1.29 is 12.8 Å². The van der Waals surface area contributed by atoms with Gasteiger partial charge in [0.15, 0.2) is 15.7 Å². The zero-order valence-electron chi connectivity index (χ0n) is 14.4. The summed E-state index contributed by atoms with van der Waals surface area (Å²) in [6.07, 6.45) is 1.17. The van der Waals surface area contributed by atoms with E-state index in [1.54, 1.807) is 12.1 Å². The highest BCUT2D eigenvalue weighted by Crippen LogP contribution is 2.33. The molecule has 2 heterocycles. The molecule has 0 radical (unpaired) electrons. The summed E-state index contributed by atoms with van der Waals surface area (Å²) < 4.78 is 37.3. The van der Waals surface area contributed by atoms with E-state index in [-0.39, 0.29) is 11.6 Å². The summed E-state index contributed by atoms with van der Waals surface area (Å²) in [5, 5.41) is 8.50. The van der Waals surface area contributed by atoms with Crippen LogP contribution in [0, 0.1) is 5.82 Å². The Morgan fingerprint density at radius 3 is 2.32 bits per heavy atom. The quantitative estimate of drug-likeness (QED) is 0.835. The highest BCUT2D eigenvalue weighted by Gasteiger charge is 2.45. The van der Waals surface area contributed by atoms with E-state index in [2.05, 4.69) is 10.2 Å². The molecule has 1 aliphatic heterocycles. The number of aromatic nitrogens is 2. The molecular formula is C18H22FN3O2S. The number of sulfone groups is 1. The third kappa shape index (κ3) is 3.25. The van der Waals surface area contributed by atoms with Crippen LogP contribution in [0.2, 0.25) is 0 Å². The number of benzene rings is 1. The van der Waals surface area contributed by atoms with Gasteiger partial charge >= 0.3 is 0 Å². The number of hydrogen-bond acceptors (Lipinski definition) is 5. The fourth-order valence-electron chi connectivity index (χ4n) is 3.35. The smallest absolute Gasteiger partial charge is 0.159 e.